The molecular weight excluding hydrogens is 313 g/mol. The van der Waals surface area contributed by atoms with Crippen molar-refractivity contribution in [2.75, 3.05) is 21.3 Å². The first-order chi connectivity index (χ1) is 11.6. The lowest BCUT2D eigenvalue weighted by Gasteiger charge is -2.10. The molecule has 0 aliphatic heterocycles. The summed E-state index contributed by atoms with van der Waals surface area (Å²) >= 11 is 0. The number of methoxy groups -OCH3 is 3. The Morgan fingerprint density at radius 3 is 2.17 bits per heavy atom. The Labute approximate surface area is 140 Å². The van der Waals surface area contributed by atoms with Gasteiger partial charge in [0.05, 0.1) is 27.8 Å². The topological polar surface area (TPSA) is 56.8 Å². The highest BCUT2D eigenvalue weighted by Crippen LogP contribution is 2.27. The van der Waals surface area contributed by atoms with E-state index in [4.69, 9.17) is 14.2 Å². The summed E-state index contributed by atoms with van der Waals surface area (Å²) in [5.41, 5.74) is 1.46. The van der Waals surface area contributed by atoms with E-state index in [1.807, 2.05) is 0 Å². The highest BCUT2D eigenvalue weighted by atomic mass is 19.1. The zero-order chi connectivity index (χ0) is 17.5. The van der Waals surface area contributed by atoms with Gasteiger partial charge in [-0.2, -0.15) is 0 Å². The van der Waals surface area contributed by atoms with Crippen LogP contribution in [0.15, 0.2) is 36.4 Å². The number of ether oxygens (including phenoxy) is 3. The number of nitrogens with one attached hydrogen (secondary N) is 1. The quantitative estimate of drug-likeness (QED) is 0.846. The van der Waals surface area contributed by atoms with Crippen molar-refractivity contribution in [3.63, 3.8) is 0 Å². The average molecular weight is 333 g/mol. The minimum Gasteiger partial charge on any atom is -0.494 e. The minimum atomic E-state index is -0.455. The minimum absolute atomic E-state index is 0.168. The summed E-state index contributed by atoms with van der Waals surface area (Å²) in [5, 5.41) is 2.76. The molecule has 1 N–H and O–H groups in total. The predicted octanol–water partition coefficient (Wildman–Crippen LogP) is 2.71. The number of carbonyl (C=O) groups is 1. The van der Waals surface area contributed by atoms with E-state index in [2.05, 4.69) is 5.32 Å². The molecule has 2 rings (SSSR count). The molecule has 0 spiro atoms. The van der Waals surface area contributed by atoms with Crippen LogP contribution in [0.4, 0.5) is 4.39 Å². The molecule has 0 atom stereocenters. The van der Waals surface area contributed by atoms with Crippen LogP contribution >= 0.6 is 0 Å². The maximum atomic E-state index is 13.6. The SMILES string of the molecule is COc1ccc(CNC(=O)Cc2ccc(OC)c(OC)c2)cc1F. The van der Waals surface area contributed by atoms with E-state index in [0.717, 1.165) is 5.56 Å². The summed E-state index contributed by atoms with van der Waals surface area (Å²) in [7, 11) is 4.50. The standard InChI is InChI=1S/C18H20FNO4/c1-22-15-6-5-13(8-14(15)19)11-20-18(21)10-12-4-7-16(23-2)17(9-12)24-3/h4-9H,10-11H2,1-3H3,(H,20,21). The Morgan fingerprint density at radius 2 is 1.54 bits per heavy atom. The van der Waals surface area contributed by atoms with Crippen molar-refractivity contribution in [3.8, 4) is 17.2 Å². The Kier molecular flexibility index (Phi) is 6.01. The molecule has 2 aromatic rings. The molecule has 24 heavy (non-hydrogen) atoms. The average Bonchev–Trinajstić information content (AvgIpc) is 2.60. The Bertz CT molecular complexity index is 718. The number of hydrogen-bond acceptors (Lipinski definition) is 4. The predicted molar refractivity (Wildman–Crippen MR) is 88.0 cm³/mol. The maximum absolute atomic E-state index is 13.6. The van der Waals surface area contributed by atoms with Gasteiger partial charge in [-0.25, -0.2) is 4.39 Å². The summed E-state index contributed by atoms with van der Waals surface area (Å²) in [6.45, 7) is 0.243. The van der Waals surface area contributed by atoms with E-state index in [9.17, 15) is 9.18 Å². The van der Waals surface area contributed by atoms with Crippen LogP contribution in [-0.4, -0.2) is 27.2 Å². The maximum Gasteiger partial charge on any atom is 0.224 e. The number of benzene rings is 2. The third-order valence-corrected chi connectivity index (χ3v) is 3.52. The van der Waals surface area contributed by atoms with Crippen LogP contribution in [0, 0.1) is 5.82 Å². The third kappa shape index (κ3) is 4.38. The first kappa shape index (κ1) is 17.6. The van der Waals surface area contributed by atoms with Gasteiger partial charge < -0.3 is 19.5 Å². The zero-order valence-corrected chi connectivity index (χ0v) is 13.9. The molecule has 6 heteroatoms. The summed E-state index contributed by atoms with van der Waals surface area (Å²) in [5.74, 6) is 0.730. The van der Waals surface area contributed by atoms with Crippen LogP contribution in [-0.2, 0) is 17.8 Å². The van der Waals surface area contributed by atoms with Crippen molar-refractivity contribution in [1.82, 2.24) is 5.32 Å². The first-order valence-corrected chi connectivity index (χ1v) is 7.37. The molecule has 5 nitrogen and oxygen atoms in total. The Balaban J connectivity index is 1.95. The second-order valence-electron chi connectivity index (χ2n) is 5.11. The fourth-order valence-corrected chi connectivity index (χ4v) is 2.26. The van der Waals surface area contributed by atoms with Crippen LogP contribution in [0.1, 0.15) is 11.1 Å². The van der Waals surface area contributed by atoms with Gasteiger partial charge in [-0.3, -0.25) is 4.79 Å². The molecule has 0 fully saturated rings. The van der Waals surface area contributed by atoms with Crippen molar-refractivity contribution < 1.29 is 23.4 Å². The lowest BCUT2D eigenvalue weighted by molar-refractivity contribution is -0.120. The van der Waals surface area contributed by atoms with Gasteiger partial charge in [-0.05, 0) is 35.4 Å². The summed E-state index contributed by atoms with van der Waals surface area (Å²) in [6.07, 6.45) is 0.193. The highest BCUT2D eigenvalue weighted by molar-refractivity contribution is 5.78. The van der Waals surface area contributed by atoms with Crippen LogP contribution in [0.25, 0.3) is 0 Å². The van der Waals surface area contributed by atoms with Gasteiger partial charge in [0.25, 0.3) is 0 Å². The number of hydrogen-bond donors (Lipinski definition) is 1. The number of halogens is 1. The smallest absolute Gasteiger partial charge is 0.224 e. The van der Waals surface area contributed by atoms with Gasteiger partial charge in [0.2, 0.25) is 5.91 Å². The number of carbonyl (C=O) groups excluding carboxylic acids is 1. The van der Waals surface area contributed by atoms with Gasteiger partial charge in [0.1, 0.15) is 0 Å². The molecule has 1 amide bonds. The normalized spacial score (nSPS) is 10.2. The van der Waals surface area contributed by atoms with E-state index >= 15 is 0 Å². The molecule has 0 unspecified atom stereocenters. The number of amides is 1. The number of rotatable bonds is 7. The molecule has 0 aliphatic rings. The monoisotopic (exact) mass is 333 g/mol. The lowest BCUT2D eigenvalue weighted by atomic mass is 10.1. The van der Waals surface area contributed by atoms with Crippen molar-refractivity contribution in [1.29, 1.82) is 0 Å². The van der Waals surface area contributed by atoms with Crippen LogP contribution in [0.3, 0.4) is 0 Å². The van der Waals surface area contributed by atoms with E-state index in [1.54, 1.807) is 38.5 Å². The Hall–Kier alpha value is -2.76. The third-order valence-electron chi connectivity index (χ3n) is 3.52. The molecule has 0 radical (unpaired) electrons. The van der Waals surface area contributed by atoms with Crippen LogP contribution in [0.2, 0.25) is 0 Å². The van der Waals surface area contributed by atoms with Crippen molar-refractivity contribution in [2.24, 2.45) is 0 Å². The van der Waals surface area contributed by atoms with Gasteiger partial charge in [0.15, 0.2) is 23.1 Å². The molecule has 0 aromatic heterocycles. The Morgan fingerprint density at radius 1 is 0.917 bits per heavy atom. The highest BCUT2D eigenvalue weighted by Gasteiger charge is 2.09. The van der Waals surface area contributed by atoms with Gasteiger partial charge in [-0.1, -0.05) is 12.1 Å². The summed E-state index contributed by atoms with van der Waals surface area (Å²) < 4.78 is 28.8. The van der Waals surface area contributed by atoms with Crippen LogP contribution in [0.5, 0.6) is 17.2 Å². The fraction of sp³-hybridized carbons (Fsp3) is 0.278. The molecule has 2 aromatic carbocycles. The van der Waals surface area contributed by atoms with Gasteiger partial charge >= 0.3 is 0 Å². The van der Waals surface area contributed by atoms with Crippen molar-refractivity contribution >= 4 is 5.91 Å². The largest absolute Gasteiger partial charge is 0.494 e. The summed E-state index contributed by atoms with van der Waals surface area (Å²) in [6, 6.07) is 9.89. The van der Waals surface area contributed by atoms with E-state index in [1.165, 1.54) is 19.2 Å². The molecule has 0 aliphatic carbocycles. The second-order valence-corrected chi connectivity index (χ2v) is 5.11. The molecular formula is C18H20FNO4. The second kappa shape index (κ2) is 8.19. The molecule has 128 valence electrons. The molecule has 0 saturated heterocycles. The molecule has 0 heterocycles. The van der Waals surface area contributed by atoms with Crippen LogP contribution < -0.4 is 19.5 Å². The van der Waals surface area contributed by atoms with Gasteiger partial charge in [-0.15, -0.1) is 0 Å². The fourth-order valence-electron chi connectivity index (χ4n) is 2.26. The van der Waals surface area contributed by atoms with Crippen molar-refractivity contribution in [3.05, 3.63) is 53.3 Å². The van der Waals surface area contributed by atoms with E-state index < -0.39 is 5.82 Å². The lowest BCUT2D eigenvalue weighted by Crippen LogP contribution is -2.24. The first-order valence-electron chi connectivity index (χ1n) is 7.37. The van der Waals surface area contributed by atoms with Crippen molar-refractivity contribution in [2.45, 2.75) is 13.0 Å². The van der Waals surface area contributed by atoms with E-state index in [-0.39, 0.29) is 24.6 Å². The van der Waals surface area contributed by atoms with Gasteiger partial charge in [0, 0.05) is 6.54 Å². The molecule has 0 saturated carbocycles. The van der Waals surface area contributed by atoms with E-state index in [0.29, 0.717) is 17.1 Å². The zero-order valence-electron chi connectivity index (χ0n) is 13.9. The molecule has 0 bridgehead atoms. The summed E-state index contributed by atoms with van der Waals surface area (Å²) in [4.78, 5) is 12.0.